The fourth-order valence-electron chi connectivity index (χ4n) is 2.96. The third kappa shape index (κ3) is 5.82. The quantitative estimate of drug-likeness (QED) is 0.475. The molecular weight excluding hydrogens is 434 g/mol. The Hall–Kier alpha value is -3.46. The fraction of sp³-hybridized carbons (Fsp3) is 0.261. The Balaban J connectivity index is 1.71. The first-order valence-electron chi connectivity index (χ1n) is 9.83. The van der Waals surface area contributed by atoms with Crippen LogP contribution in [-0.4, -0.2) is 41.6 Å². The van der Waals surface area contributed by atoms with Gasteiger partial charge in [0.25, 0.3) is 5.91 Å². The van der Waals surface area contributed by atoms with E-state index >= 15 is 0 Å². The molecule has 0 aliphatic heterocycles. The second kappa shape index (κ2) is 10.7. The van der Waals surface area contributed by atoms with Crippen molar-refractivity contribution in [3.63, 3.8) is 0 Å². The lowest BCUT2D eigenvalue weighted by molar-refractivity contribution is -0.142. The molecule has 1 heterocycles. The molecule has 0 aliphatic rings. The summed E-state index contributed by atoms with van der Waals surface area (Å²) in [7, 11) is 0. The summed E-state index contributed by atoms with van der Waals surface area (Å²) in [4.78, 5) is 36.2. The van der Waals surface area contributed by atoms with Crippen LogP contribution in [0.4, 0.5) is 0 Å². The molecule has 2 aromatic carbocycles. The zero-order valence-corrected chi connectivity index (χ0v) is 18.4. The molecule has 1 atom stereocenters. The van der Waals surface area contributed by atoms with Crippen LogP contribution in [0, 0.1) is 6.92 Å². The van der Waals surface area contributed by atoms with Crippen molar-refractivity contribution >= 4 is 34.6 Å². The molecule has 0 saturated heterocycles. The lowest BCUT2D eigenvalue weighted by atomic mass is 10.2. The molecule has 0 radical (unpaired) electrons. The zero-order chi connectivity index (χ0) is 23.1. The van der Waals surface area contributed by atoms with Gasteiger partial charge >= 0.3 is 5.97 Å². The molecule has 1 amide bonds. The summed E-state index contributed by atoms with van der Waals surface area (Å²) in [6.45, 7) is 1.26. The van der Waals surface area contributed by atoms with Gasteiger partial charge in [0.15, 0.2) is 6.61 Å². The number of thioether (sulfide) groups is 1. The van der Waals surface area contributed by atoms with Crippen molar-refractivity contribution in [2.24, 2.45) is 0 Å². The van der Waals surface area contributed by atoms with Crippen molar-refractivity contribution in [3.05, 3.63) is 64.5 Å². The van der Waals surface area contributed by atoms with Gasteiger partial charge in [-0.3, -0.25) is 9.59 Å². The predicted octanol–water partition coefficient (Wildman–Crippen LogP) is 3.60. The van der Waals surface area contributed by atoms with E-state index in [1.807, 2.05) is 12.3 Å². The Morgan fingerprint density at radius 3 is 2.59 bits per heavy atom. The number of benzene rings is 2. The van der Waals surface area contributed by atoms with Crippen LogP contribution in [0.2, 0.25) is 0 Å². The van der Waals surface area contributed by atoms with Crippen molar-refractivity contribution in [3.8, 4) is 17.2 Å². The molecule has 3 rings (SSSR count). The lowest BCUT2D eigenvalue weighted by Crippen LogP contribution is -2.43. The maximum Gasteiger partial charge on any atom is 0.326 e. The van der Waals surface area contributed by atoms with E-state index < -0.39 is 17.9 Å². The highest BCUT2D eigenvalue weighted by Crippen LogP contribution is 2.27. The van der Waals surface area contributed by atoms with E-state index in [1.54, 1.807) is 31.2 Å². The maximum absolute atomic E-state index is 12.9. The highest BCUT2D eigenvalue weighted by atomic mass is 32.2. The van der Waals surface area contributed by atoms with Crippen molar-refractivity contribution < 1.29 is 28.6 Å². The standard InChI is InChI=1S/C23H23NO7S/c1-14-22(31-15-6-4-3-5-7-15)21(26)17-9-8-16(12-19(17)30-14)29-13-20(25)24-18(23(27)28)10-11-32-2/h3-9,12,18H,10-11,13H2,1-2H3,(H,24,25)(H,27,28)/t18-/m1/s1. The number of carboxylic acids is 1. The van der Waals surface area contributed by atoms with Gasteiger partial charge in [-0.2, -0.15) is 11.8 Å². The van der Waals surface area contributed by atoms with Crippen LogP contribution >= 0.6 is 11.8 Å². The summed E-state index contributed by atoms with van der Waals surface area (Å²) in [5.41, 5.74) is -0.0378. The molecule has 0 unspecified atom stereocenters. The number of ether oxygens (including phenoxy) is 2. The molecular formula is C23H23NO7S. The molecule has 2 N–H and O–H groups in total. The second-order valence-electron chi connectivity index (χ2n) is 6.92. The van der Waals surface area contributed by atoms with Crippen molar-refractivity contribution in [1.29, 1.82) is 0 Å². The average Bonchev–Trinajstić information content (AvgIpc) is 2.78. The molecule has 0 fully saturated rings. The van der Waals surface area contributed by atoms with Crippen LogP contribution in [0.25, 0.3) is 11.0 Å². The number of rotatable bonds is 10. The Morgan fingerprint density at radius 2 is 1.91 bits per heavy atom. The van der Waals surface area contributed by atoms with E-state index in [4.69, 9.17) is 13.9 Å². The Labute approximate surface area is 188 Å². The Bertz CT molecular complexity index is 1160. The van der Waals surface area contributed by atoms with E-state index in [0.717, 1.165) is 0 Å². The Kier molecular flexibility index (Phi) is 7.77. The first kappa shape index (κ1) is 23.2. The highest BCUT2D eigenvalue weighted by Gasteiger charge is 2.20. The summed E-state index contributed by atoms with van der Waals surface area (Å²) in [6, 6.07) is 12.5. The molecule has 8 nitrogen and oxygen atoms in total. The molecule has 0 aliphatic carbocycles. The minimum absolute atomic E-state index is 0.0988. The van der Waals surface area contributed by atoms with Gasteiger partial charge in [-0.25, -0.2) is 4.79 Å². The fourth-order valence-corrected chi connectivity index (χ4v) is 3.43. The number of amides is 1. The van der Waals surface area contributed by atoms with Crippen LogP contribution in [0.3, 0.4) is 0 Å². The number of aryl methyl sites for hydroxylation is 1. The zero-order valence-electron chi connectivity index (χ0n) is 17.6. The number of carbonyl (C=O) groups is 2. The summed E-state index contributed by atoms with van der Waals surface area (Å²) in [6.07, 6.45) is 2.18. The number of fused-ring (bicyclic) bond motifs is 1. The summed E-state index contributed by atoms with van der Waals surface area (Å²) in [5.74, 6) is 0.193. The number of carbonyl (C=O) groups excluding carboxylic acids is 1. The summed E-state index contributed by atoms with van der Waals surface area (Å²) >= 11 is 1.50. The van der Waals surface area contributed by atoms with Gasteiger partial charge in [0, 0.05) is 6.07 Å². The summed E-state index contributed by atoms with van der Waals surface area (Å²) < 4.78 is 16.9. The highest BCUT2D eigenvalue weighted by molar-refractivity contribution is 7.98. The topological polar surface area (TPSA) is 115 Å². The molecule has 0 bridgehead atoms. The van der Waals surface area contributed by atoms with Crippen molar-refractivity contribution in [2.45, 2.75) is 19.4 Å². The van der Waals surface area contributed by atoms with Crippen LogP contribution in [0.1, 0.15) is 12.2 Å². The second-order valence-corrected chi connectivity index (χ2v) is 7.90. The number of hydrogen-bond donors (Lipinski definition) is 2. The number of carboxylic acid groups (broad SMARTS) is 1. The van der Waals surface area contributed by atoms with Crippen molar-refractivity contribution in [2.75, 3.05) is 18.6 Å². The van der Waals surface area contributed by atoms with Crippen LogP contribution in [0.15, 0.2) is 57.7 Å². The van der Waals surface area contributed by atoms with E-state index in [0.29, 0.717) is 34.8 Å². The van der Waals surface area contributed by atoms with Crippen LogP contribution < -0.4 is 20.2 Å². The van der Waals surface area contributed by atoms with E-state index in [9.17, 15) is 19.5 Å². The van der Waals surface area contributed by atoms with Gasteiger partial charge in [-0.05, 0) is 49.6 Å². The van der Waals surface area contributed by atoms with Gasteiger partial charge in [0.05, 0.1) is 5.39 Å². The predicted molar refractivity (Wildman–Crippen MR) is 122 cm³/mol. The molecule has 0 saturated carbocycles. The van der Waals surface area contributed by atoms with E-state index in [1.165, 1.54) is 30.0 Å². The minimum Gasteiger partial charge on any atom is -0.484 e. The first-order valence-corrected chi connectivity index (χ1v) is 11.2. The van der Waals surface area contributed by atoms with Crippen LogP contribution in [0.5, 0.6) is 17.2 Å². The maximum atomic E-state index is 12.9. The number of hydrogen-bond acceptors (Lipinski definition) is 7. The third-order valence-corrected chi connectivity index (χ3v) is 5.21. The molecule has 1 aromatic heterocycles. The molecule has 0 spiro atoms. The smallest absolute Gasteiger partial charge is 0.326 e. The van der Waals surface area contributed by atoms with Gasteiger partial charge in [-0.15, -0.1) is 0 Å². The van der Waals surface area contributed by atoms with Gasteiger partial charge in [0.2, 0.25) is 11.2 Å². The van der Waals surface area contributed by atoms with E-state index in [-0.39, 0.29) is 23.4 Å². The first-order chi connectivity index (χ1) is 15.4. The van der Waals surface area contributed by atoms with Gasteiger partial charge in [0.1, 0.15) is 28.9 Å². The third-order valence-electron chi connectivity index (χ3n) is 4.56. The molecule has 3 aromatic rings. The Morgan fingerprint density at radius 1 is 1.16 bits per heavy atom. The molecule has 32 heavy (non-hydrogen) atoms. The minimum atomic E-state index is -1.09. The number of nitrogens with one attached hydrogen (secondary N) is 1. The number of para-hydroxylation sites is 1. The van der Waals surface area contributed by atoms with Gasteiger partial charge in [-0.1, -0.05) is 18.2 Å². The van der Waals surface area contributed by atoms with Crippen LogP contribution in [-0.2, 0) is 9.59 Å². The van der Waals surface area contributed by atoms with E-state index in [2.05, 4.69) is 5.32 Å². The van der Waals surface area contributed by atoms with Gasteiger partial charge < -0.3 is 24.3 Å². The normalized spacial score (nSPS) is 11.7. The van der Waals surface area contributed by atoms with Crippen molar-refractivity contribution in [1.82, 2.24) is 5.32 Å². The average molecular weight is 458 g/mol. The molecule has 168 valence electrons. The SMILES string of the molecule is CSCC[C@@H](NC(=O)COc1ccc2c(=O)c(Oc3ccccc3)c(C)oc2c1)C(=O)O. The monoisotopic (exact) mass is 457 g/mol. The summed E-state index contributed by atoms with van der Waals surface area (Å²) in [5, 5.41) is 12.0. The molecule has 9 heteroatoms. The largest absolute Gasteiger partial charge is 0.484 e. The lowest BCUT2D eigenvalue weighted by Gasteiger charge is -2.14. The number of aliphatic carboxylic acids is 1.